The quantitative estimate of drug-likeness (QED) is 0.847. The summed E-state index contributed by atoms with van der Waals surface area (Å²) in [7, 11) is 0. The molecule has 2 aromatic rings. The van der Waals surface area contributed by atoms with Crippen molar-refractivity contribution in [1.82, 2.24) is 14.7 Å². The van der Waals surface area contributed by atoms with Gasteiger partial charge in [0.05, 0.1) is 0 Å². The van der Waals surface area contributed by atoms with Gasteiger partial charge in [0.2, 0.25) is 0 Å². The molecular formula is C19H27N3O2. The number of hydrogen-bond donors (Lipinski definition) is 1. The normalized spacial score (nSPS) is 17.8. The minimum Gasteiger partial charge on any atom is -0.491 e. The molecule has 5 nitrogen and oxygen atoms in total. The number of aliphatic hydroxyl groups is 1. The average Bonchev–Trinajstić information content (AvgIpc) is 3.09. The van der Waals surface area contributed by atoms with Gasteiger partial charge in [0.1, 0.15) is 18.5 Å². The Balaban J connectivity index is 1.35. The number of rotatable bonds is 7. The van der Waals surface area contributed by atoms with Gasteiger partial charge in [-0.3, -0.25) is 4.68 Å². The molecular weight excluding hydrogens is 302 g/mol. The number of likely N-dealkylation sites (tertiary alicyclic amines) is 1. The second-order valence-electron chi connectivity index (χ2n) is 6.75. The van der Waals surface area contributed by atoms with E-state index in [1.807, 2.05) is 47.4 Å². The van der Waals surface area contributed by atoms with E-state index in [4.69, 9.17) is 4.74 Å². The van der Waals surface area contributed by atoms with Gasteiger partial charge in [-0.1, -0.05) is 17.7 Å². The number of nitrogens with zero attached hydrogens (tertiary/aromatic N) is 3. The number of piperidine rings is 1. The first kappa shape index (κ1) is 17.0. The lowest BCUT2D eigenvalue weighted by Gasteiger charge is -2.33. The number of aliphatic hydroxyl groups excluding tert-OH is 1. The zero-order chi connectivity index (χ0) is 16.8. The van der Waals surface area contributed by atoms with Gasteiger partial charge in [-0.2, -0.15) is 5.10 Å². The number of benzene rings is 1. The smallest absolute Gasteiger partial charge is 0.119 e. The van der Waals surface area contributed by atoms with Crippen LogP contribution in [-0.4, -0.2) is 52.1 Å². The van der Waals surface area contributed by atoms with Crippen LogP contribution in [0.2, 0.25) is 0 Å². The Morgan fingerprint density at radius 1 is 1.25 bits per heavy atom. The standard InChI is InChI=1S/C19H27N3O2/c1-16-3-5-19(6-4-16)24-15-18(23)14-21-11-7-17(8-12-21)13-22-10-2-9-20-22/h2-6,9-10,17-18,23H,7-8,11-15H2,1H3. The van der Waals surface area contributed by atoms with Crippen LogP contribution in [0.1, 0.15) is 18.4 Å². The number of aryl methyl sites for hydroxylation is 1. The first-order valence-corrected chi connectivity index (χ1v) is 8.76. The molecule has 0 aliphatic carbocycles. The number of ether oxygens (including phenoxy) is 1. The summed E-state index contributed by atoms with van der Waals surface area (Å²) in [5.41, 5.74) is 1.21. The van der Waals surface area contributed by atoms with Gasteiger partial charge in [-0.25, -0.2) is 0 Å². The Bertz CT molecular complexity index is 590. The van der Waals surface area contributed by atoms with Crippen molar-refractivity contribution in [2.75, 3.05) is 26.2 Å². The van der Waals surface area contributed by atoms with E-state index in [0.29, 0.717) is 19.1 Å². The lowest BCUT2D eigenvalue weighted by atomic mass is 9.96. The molecule has 1 aromatic carbocycles. The second kappa shape index (κ2) is 8.31. The SMILES string of the molecule is Cc1ccc(OCC(O)CN2CCC(Cn3cccn3)CC2)cc1. The van der Waals surface area contributed by atoms with Crippen molar-refractivity contribution in [1.29, 1.82) is 0 Å². The Hall–Kier alpha value is -1.85. The van der Waals surface area contributed by atoms with Gasteiger partial charge in [-0.05, 0) is 57.0 Å². The van der Waals surface area contributed by atoms with Crippen LogP contribution in [0.5, 0.6) is 5.75 Å². The highest BCUT2D eigenvalue weighted by Gasteiger charge is 2.21. The summed E-state index contributed by atoms with van der Waals surface area (Å²) in [6.45, 7) is 6.15. The van der Waals surface area contributed by atoms with E-state index < -0.39 is 6.10 Å². The van der Waals surface area contributed by atoms with Gasteiger partial charge in [0.15, 0.2) is 0 Å². The molecule has 0 amide bonds. The highest BCUT2D eigenvalue weighted by Crippen LogP contribution is 2.19. The van der Waals surface area contributed by atoms with Crippen LogP contribution >= 0.6 is 0 Å². The van der Waals surface area contributed by atoms with Crippen molar-refractivity contribution < 1.29 is 9.84 Å². The summed E-state index contributed by atoms with van der Waals surface area (Å²) in [4.78, 5) is 2.34. The van der Waals surface area contributed by atoms with Gasteiger partial charge in [0, 0.05) is 25.5 Å². The molecule has 5 heteroatoms. The van der Waals surface area contributed by atoms with E-state index in [0.717, 1.165) is 38.2 Å². The summed E-state index contributed by atoms with van der Waals surface area (Å²) < 4.78 is 7.69. The fourth-order valence-corrected chi connectivity index (χ4v) is 3.20. The minimum absolute atomic E-state index is 0.344. The van der Waals surface area contributed by atoms with Crippen LogP contribution in [0.4, 0.5) is 0 Å². The van der Waals surface area contributed by atoms with Crippen molar-refractivity contribution in [3.05, 3.63) is 48.3 Å². The predicted molar refractivity (Wildman–Crippen MR) is 94.1 cm³/mol. The Morgan fingerprint density at radius 3 is 2.67 bits per heavy atom. The molecule has 0 bridgehead atoms. The first-order chi connectivity index (χ1) is 11.7. The molecule has 1 aromatic heterocycles. The zero-order valence-corrected chi connectivity index (χ0v) is 14.3. The Morgan fingerprint density at radius 2 is 2.00 bits per heavy atom. The Kier molecular flexibility index (Phi) is 5.88. The molecule has 24 heavy (non-hydrogen) atoms. The molecule has 1 N–H and O–H groups in total. The van der Waals surface area contributed by atoms with E-state index in [-0.39, 0.29) is 0 Å². The second-order valence-corrected chi connectivity index (χ2v) is 6.75. The lowest BCUT2D eigenvalue weighted by Crippen LogP contribution is -2.41. The summed E-state index contributed by atoms with van der Waals surface area (Å²) in [6.07, 6.45) is 5.73. The molecule has 1 aliphatic heterocycles. The maximum absolute atomic E-state index is 10.2. The largest absolute Gasteiger partial charge is 0.491 e. The van der Waals surface area contributed by atoms with Crippen LogP contribution in [0.25, 0.3) is 0 Å². The fraction of sp³-hybridized carbons (Fsp3) is 0.526. The van der Waals surface area contributed by atoms with Crippen molar-refractivity contribution in [2.24, 2.45) is 5.92 Å². The molecule has 0 spiro atoms. The third-order valence-electron chi connectivity index (χ3n) is 4.64. The summed E-state index contributed by atoms with van der Waals surface area (Å²) >= 11 is 0. The van der Waals surface area contributed by atoms with Gasteiger partial charge in [-0.15, -0.1) is 0 Å². The van der Waals surface area contributed by atoms with Gasteiger partial charge < -0.3 is 14.7 Å². The maximum Gasteiger partial charge on any atom is 0.119 e. The molecule has 130 valence electrons. The third kappa shape index (κ3) is 5.08. The van der Waals surface area contributed by atoms with Crippen molar-refractivity contribution >= 4 is 0 Å². The molecule has 1 atom stereocenters. The molecule has 0 saturated carbocycles. The number of aromatic nitrogens is 2. The summed E-state index contributed by atoms with van der Waals surface area (Å²) in [5, 5.41) is 14.5. The van der Waals surface area contributed by atoms with E-state index in [1.54, 1.807) is 0 Å². The topological polar surface area (TPSA) is 50.5 Å². The first-order valence-electron chi connectivity index (χ1n) is 8.76. The predicted octanol–water partition coefficient (Wildman–Crippen LogP) is 2.34. The van der Waals surface area contributed by atoms with E-state index in [1.165, 1.54) is 5.56 Å². The number of β-amino-alcohol motifs (C(OH)–C–C–N with tert-alkyl or cyclic N) is 1. The molecule has 2 heterocycles. The van der Waals surface area contributed by atoms with E-state index in [2.05, 4.69) is 16.9 Å². The van der Waals surface area contributed by atoms with Crippen LogP contribution in [0, 0.1) is 12.8 Å². The maximum atomic E-state index is 10.2. The molecule has 1 fully saturated rings. The van der Waals surface area contributed by atoms with Gasteiger partial charge >= 0.3 is 0 Å². The van der Waals surface area contributed by atoms with Crippen LogP contribution < -0.4 is 4.74 Å². The van der Waals surface area contributed by atoms with Crippen molar-refractivity contribution in [3.63, 3.8) is 0 Å². The van der Waals surface area contributed by atoms with Crippen molar-refractivity contribution in [2.45, 2.75) is 32.4 Å². The average molecular weight is 329 g/mol. The van der Waals surface area contributed by atoms with Gasteiger partial charge in [0.25, 0.3) is 0 Å². The molecule has 1 unspecified atom stereocenters. The van der Waals surface area contributed by atoms with Crippen LogP contribution in [-0.2, 0) is 6.54 Å². The number of hydrogen-bond acceptors (Lipinski definition) is 4. The zero-order valence-electron chi connectivity index (χ0n) is 14.3. The molecule has 1 saturated heterocycles. The Labute approximate surface area is 143 Å². The third-order valence-corrected chi connectivity index (χ3v) is 4.64. The highest BCUT2D eigenvalue weighted by atomic mass is 16.5. The van der Waals surface area contributed by atoms with Crippen LogP contribution in [0.15, 0.2) is 42.7 Å². The van der Waals surface area contributed by atoms with E-state index >= 15 is 0 Å². The molecule has 1 aliphatic rings. The fourth-order valence-electron chi connectivity index (χ4n) is 3.20. The van der Waals surface area contributed by atoms with Crippen molar-refractivity contribution in [3.8, 4) is 5.75 Å². The van der Waals surface area contributed by atoms with Crippen LogP contribution in [0.3, 0.4) is 0 Å². The van der Waals surface area contributed by atoms with E-state index in [9.17, 15) is 5.11 Å². The molecule has 3 rings (SSSR count). The monoisotopic (exact) mass is 329 g/mol. The lowest BCUT2D eigenvalue weighted by molar-refractivity contribution is 0.0534. The highest BCUT2D eigenvalue weighted by molar-refractivity contribution is 5.26. The summed E-state index contributed by atoms with van der Waals surface area (Å²) in [5.74, 6) is 1.50. The summed E-state index contributed by atoms with van der Waals surface area (Å²) in [6, 6.07) is 9.91. The molecule has 0 radical (unpaired) electrons. The minimum atomic E-state index is -0.450.